The number of rotatable bonds is 8. The normalized spacial score (nSPS) is 33.2. The summed E-state index contributed by atoms with van der Waals surface area (Å²) in [6.45, 7) is 2.09. The second kappa shape index (κ2) is 8.19. The lowest BCUT2D eigenvalue weighted by Gasteiger charge is -2.59. The third-order valence-corrected chi connectivity index (χ3v) is 7.74. The number of nitrogens with one attached hydrogen (secondary N) is 1. The van der Waals surface area contributed by atoms with Gasteiger partial charge in [-0.2, -0.15) is 0 Å². The van der Waals surface area contributed by atoms with Gasteiger partial charge in [-0.15, -0.1) is 0 Å². The van der Waals surface area contributed by atoms with Crippen molar-refractivity contribution in [3.8, 4) is 0 Å². The number of imide groups is 1. The molecule has 166 valence electrons. The van der Waals surface area contributed by atoms with E-state index in [4.69, 9.17) is 4.74 Å². The van der Waals surface area contributed by atoms with Crippen LogP contribution in [0.2, 0.25) is 0 Å². The molecule has 1 aliphatic heterocycles. The lowest BCUT2D eigenvalue weighted by Crippen LogP contribution is -2.56. The standard InChI is InChI=1S/C22H33N3O5/c1-14(22-9-15-6-16(10-22)8-17(7-15)11-22)23-18(26)13-30-20(28)4-3-5-25-19(27)12-24(2)21(25)29/h14-17H,3-13H2,1-2H3,(H,23,26)/t14-,15?,16?,17?,22?/m1/s1. The number of amides is 4. The van der Waals surface area contributed by atoms with E-state index in [-0.39, 0.29) is 55.4 Å². The van der Waals surface area contributed by atoms with E-state index in [0.717, 1.165) is 22.7 Å². The van der Waals surface area contributed by atoms with E-state index in [9.17, 15) is 19.2 Å². The first-order valence-electron chi connectivity index (χ1n) is 11.3. The number of hydrogen-bond donors (Lipinski definition) is 1. The average Bonchev–Trinajstić information content (AvgIpc) is 2.91. The predicted molar refractivity (Wildman–Crippen MR) is 108 cm³/mol. The lowest BCUT2D eigenvalue weighted by atomic mass is 9.48. The van der Waals surface area contributed by atoms with Crippen molar-refractivity contribution in [2.75, 3.05) is 26.7 Å². The van der Waals surface area contributed by atoms with Gasteiger partial charge in [-0.1, -0.05) is 0 Å². The molecular formula is C22H33N3O5. The van der Waals surface area contributed by atoms with Crippen molar-refractivity contribution in [1.29, 1.82) is 0 Å². The van der Waals surface area contributed by atoms with Crippen molar-refractivity contribution < 1.29 is 23.9 Å². The molecule has 0 radical (unpaired) electrons. The predicted octanol–water partition coefficient (Wildman–Crippen LogP) is 1.92. The van der Waals surface area contributed by atoms with E-state index in [1.54, 1.807) is 7.05 Å². The fraction of sp³-hybridized carbons (Fsp3) is 0.818. The number of ether oxygens (including phenoxy) is 1. The zero-order valence-electron chi connectivity index (χ0n) is 18.0. The van der Waals surface area contributed by atoms with Crippen molar-refractivity contribution in [3.05, 3.63) is 0 Å². The highest BCUT2D eigenvalue weighted by Gasteiger charge is 2.53. The molecule has 0 spiro atoms. The summed E-state index contributed by atoms with van der Waals surface area (Å²) >= 11 is 0. The van der Waals surface area contributed by atoms with Gasteiger partial charge in [0.05, 0.1) is 0 Å². The molecule has 1 atom stereocenters. The topological polar surface area (TPSA) is 96.0 Å². The van der Waals surface area contributed by atoms with E-state index in [1.807, 2.05) is 0 Å². The third-order valence-electron chi connectivity index (χ3n) is 7.74. The molecular weight excluding hydrogens is 386 g/mol. The van der Waals surface area contributed by atoms with E-state index >= 15 is 0 Å². The van der Waals surface area contributed by atoms with Crippen molar-refractivity contribution in [1.82, 2.24) is 15.1 Å². The molecule has 4 saturated carbocycles. The van der Waals surface area contributed by atoms with Gasteiger partial charge in [0.25, 0.3) is 5.91 Å². The fourth-order valence-corrected chi connectivity index (χ4v) is 6.63. The zero-order chi connectivity index (χ0) is 21.5. The van der Waals surface area contributed by atoms with E-state index in [0.29, 0.717) is 6.42 Å². The zero-order valence-corrected chi connectivity index (χ0v) is 18.0. The van der Waals surface area contributed by atoms with E-state index in [2.05, 4.69) is 12.2 Å². The second-order valence-electron chi connectivity index (χ2n) is 10.0. The Morgan fingerprint density at radius 2 is 1.73 bits per heavy atom. The summed E-state index contributed by atoms with van der Waals surface area (Å²) in [5, 5.41) is 3.09. The minimum atomic E-state index is -0.486. The van der Waals surface area contributed by atoms with Gasteiger partial charge in [0, 0.05) is 26.1 Å². The van der Waals surface area contributed by atoms with Gasteiger partial charge in [0.15, 0.2) is 6.61 Å². The maximum Gasteiger partial charge on any atom is 0.326 e. The van der Waals surface area contributed by atoms with Gasteiger partial charge >= 0.3 is 12.0 Å². The van der Waals surface area contributed by atoms with Crippen LogP contribution in [-0.4, -0.2) is 66.4 Å². The van der Waals surface area contributed by atoms with Gasteiger partial charge in [0.2, 0.25) is 5.91 Å². The molecule has 1 saturated heterocycles. The molecule has 5 fully saturated rings. The second-order valence-corrected chi connectivity index (χ2v) is 10.0. The summed E-state index contributed by atoms with van der Waals surface area (Å²) in [5.74, 6) is 1.47. The van der Waals surface area contributed by atoms with Crippen molar-refractivity contribution in [2.45, 2.75) is 64.3 Å². The number of carbonyl (C=O) groups excluding carboxylic acids is 4. The van der Waals surface area contributed by atoms with Gasteiger partial charge in [-0.25, -0.2) is 4.79 Å². The molecule has 5 aliphatic rings. The molecule has 0 unspecified atom stereocenters. The Morgan fingerprint density at radius 1 is 1.13 bits per heavy atom. The lowest BCUT2D eigenvalue weighted by molar-refractivity contribution is -0.149. The molecule has 0 aromatic carbocycles. The highest BCUT2D eigenvalue weighted by atomic mass is 16.5. The van der Waals surface area contributed by atoms with Crippen molar-refractivity contribution >= 4 is 23.8 Å². The molecule has 4 bridgehead atoms. The first kappa shape index (κ1) is 21.1. The Morgan fingerprint density at radius 3 is 2.27 bits per heavy atom. The number of urea groups is 1. The van der Waals surface area contributed by atoms with Crippen LogP contribution in [0, 0.1) is 23.2 Å². The number of carbonyl (C=O) groups is 4. The van der Waals surface area contributed by atoms with Crippen LogP contribution in [0.25, 0.3) is 0 Å². The Hall–Kier alpha value is -2.12. The summed E-state index contributed by atoms with van der Waals surface area (Å²) < 4.78 is 5.11. The number of likely N-dealkylation sites (N-methyl/N-ethyl adjacent to an activating group) is 1. The summed E-state index contributed by atoms with van der Waals surface area (Å²) in [6.07, 6.45) is 8.12. The SMILES string of the molecule is C[C@@H](NC(=O)COC(=O)CCCN1C(=O)CN(C)C1=O)C12CC3CC(CC(C3)C1)C2. The summed E-state index contributed by atoms with van der Waals surface area (Å²) in [7, 11) is 1.57. The van der Waals surface area contributed by atoms with Gasteiger partial charge in [-0.3, -0.25) is 19.3 Å². The Labute approximate surface area is 177 Å². The first-order valence-corrected chi connectivity index (χ1v) is 11.3. The van der Waals surface area contributed by atoms with Crippen LogP contribution in [0.5, 0.6) is 0 Å². The van der Waals surface area contributed by atoms with Gasteiger partial charge < -0.3 is 15.0 Å². The van der Waals surface area contributed by atoms with Crippen LogP contribution >= 0.6 is 0 Å². The summed E-state index contributed by atoms with van der Waals surface area (Å²) in [4.78, 5) is 50.3. The molecule has 0 aromatic heterocycles. The summed E-state index contributed by atoms with van der Waals surface area (Å²) in [5.41, 5.74) is 0.219. The molecule has 1 N–H and O–H groups in total. The van der Waals surface area contributed by atoms with Crippen LogP contribution < -0.4 is 5.32 Å². The minimum absolute atomic E-state index is 0.0680. The first-order chi connectivity index (χ1) is 14.3. The number of hydrogen-bond acceptors (Lipinski definition) is 5. The van der Waals surface area contributed by atoms with Crippen molar-refractivity contribution in [2.24, 2.45) is 23.2 Å². The van der Waals surface area contributed by atoms with Crippen molar-refractivity contribution in [3.63, 3.8) is 0 Å². The Kier molecular flexibility index (Phi) is 5.77. The number of esters is 1. The average molecular weight is 420 g/mol. The molecule has 8 nitrogen and oxygen atoms in total. The van der Waals surface area contributed by atoms with Crippen LogP contribution in [-0.2, 0) is 19.1 Å². The van der Waals surface area contributed by atoms with E-state index < -0.39 is 5.97 Å². The third kappa shape index (κ3) is 4.18. The maximum absolute atomic E-state index is 12.4. The van der Waals surface area contributed by atoms with E-state index in [1.165, 1.54) is 43.4 Å². The fourth-order valence-electron chi connectivity index (χ4n) is 6.63. The molecule has 4 aliphatic carbocycles. The highest BCUT2D eigenvalue weighted by Crippen LogP contribution is 2.61. The molecule has 1 heterocycles. The van der Waals surface area contributed by atoms with Crippen LogP contribution in [0.15, 0.2) is 0 Å². The van der Waals surface area contributed by atoms with Gasteiger partial charge in [-0.05, 0) is 75.0 Å². The molecule has 30 heavy (non-hydrogen) atoms. The van der Waals surface area contributed by atoms with Crippen LogP contribution in [0.3, 0.4) is 0 Å². The van der Waals surface area contributed by atoms with Crippen LogP contribution in [0.1, 0.15) is 58.3 Å². The highest BCUT2D eigenvalue weighted by molar-refractivity contribution is 6.01. The molecule has 8 heteroatoms. The van der Waals surface area contributed by atoms with Crippen LogP contribution in [0.4, 0.5) is 4.79 Å². The monoisotopic (exact) mass is 419 g/mol. The maximum atomic E-state index is 12.4. The molecule has 4 amide bonds. The quantitative estimate of drug-likeness (QED) is 0.479. The van der Waals surface area contributed by atoms with Gasteiger partial charge in [0.1, 0.15) is 6.54 Å². The smallest absolute Gasteiger partial charge is 0.326 e. The Bertz CT molecular complexity index is 701. The number of nitrogens with zero attached hydrogens (tertiary/aromatic N) is 2. The Balaban J connectivity index is 1.16. The minimum Gasteiger partial charge on any atom is -0.456 e. The molecule has 5 rings (SSSR count). The summed E-state index contributed by atoms with van der Waals surface area (Å²) in [6, 6.07) is -0.243. The molecule has 0 aromatic rings. The largest absolute Gasteiger partial charge is 0.456 e.